The van der Waals surface area contributed by atoms with Gasteiger partial charge in [0.1, 0.15) is 13.8 Å². The fourth-order valence-electron chi connectivity index (χ4n) is 2.94. The molecule has 0 unspecified atom stereocenters. The molecule has 0 atom stereocenters. The van der Waals surface area contributed by atoms with Gasteiger partial charge in [-0.1, -0.05) is 49.3 Å². The molecular formula is C21H19ClF3NO2Si. The molecule has 2 aromatic carbocycles. The average molecular weight is 438 g/mol. The van der Waals surface area contributed by atoms with Crippen molar-refractivity contribution in [3.8, 4) is 17.2 Å². The van der Waals surface area contributed by atoms with Crippen molar-refractivity contribution in [2.45, 2.75) is 39.1 Å². The first-order chi connectivity index (χ1) is 13.4. The Morgan fingerprint density at radius 1 is 1.17 bits per heavy atom. The van der Waals surface area contributed by atoms with E-state index < -0.39 is 14.4 Å². The fourth-order valence-corrected chi connectivity index (χ4v) is 3.78. The molecular weight excluding hydrogens is 419 g/mol. The van der Waals surface area contributed by atoms with Gasteiger partial charge in [0.05, 0.1) is 10.6 Å². The maximum absolute atomic E-state index is 12.7. The zero-order chi connectivity index (χ0) is 21.4. The monoisotopic (exact) mass is 437 g/mol. The number of carbonyl (C=O) groups is 1. The van der Waals surface area contributed by atoms with Crippen molar-refractivity contribution in [1.29, 1.82) is 0 Å². The van der Waals surface area contributed by atoms with Crippen LogP contribution in [0, 0.1) is 11.5 Å². The fraction of sp³-hybridized carbons (Fsp3) is 0.286. The molecule has 1 aliphatic rings. The van der Waals surface area contributed by atoms with Crippen LogP contribution >= 0.6 is 11.6 Å². The summed E-state index contributed by atoms with van der Waals surface area (Å²) >= 11 is 6.34. The van der Waals surface area contributed by atoms with E-state index in [1.807, 2.05) is 6.07 Å². The van der Waals surface area contributed by atoms with E-state index in [1.165, 1.54) is 24.3 Å². The van der Waals surface area contributed by atoms with E-state index in [2.05, 4.69) is 35.8 Å². The van der Waals surface area contributed by atoms with Crippen molar-refractivity contribution in [3.63, 3.8) is 0 Å². The largest absolute Gasteiger partial charge is 0.573 e. The third-order valence-corrected chi connectivity index (χ3v) is 5.32. The Balaban J connectivity index is 1.76. The SMILES string of the molecule is C[Si](C)(C)C#Cc1cc(Cl)c2c(c1)CN(Cc1ccc(OC(F)(F)F)cc1)C2=O. The number of hydrogen-bond acceptors (Lipinski definition) is 2. The highest BCUT2D eigenvalue weighted by molar-refractivity contribution is 6.83. The molecule has 0 fully saturated rings. The topological polar surface area (TPSA) is 29.5 Å². The average Bonchev–Trinajstić information content (AvgIpc) is 2.89. The second-order valence-corrected chi connectivity index (χ2v) is 13.0. The molecule has 0 aliphatic carbocycles. The Kier molecular flexibility index (Phi) is 5.70. The zero-order valence-corrected chi connectivity index (χ0v) is 17.9. The van der Waals surface area contributed by atoms with E-state index in [1.54, 1.807) is 11.0 Å². The number of benzene rings is 2. The lowest BCUT2D eigenvalue weighted by Crippen LogP contribution is -2.23. The summed E-state index contributed by atoms with van der Waals surface area (Å²) in [6.45, 7) is 7.06. The molecule has 29 heavy (non-hydrogen) atoms. The Morgan fingerprint density at radius 2 is 1.83 bits per heavy atom. The Morgan fingerprint density at radius 3 is 2.41 bits per heavy atom. The quantitative estimate of drug-likeness (QED) is 0.460. The lowest BCUT2D eigenvalue weighted by molar-refractivity contribution is -0.274. The van der Waals surface area contributed by atoms with Crippen LogP contribution in [0.25, 0.3) is 0 Å². The van der Waals surface area contributed by atoms with Crippen molar-refractivity contribution >= 4 is 25.6 Å². The highest BCUT2D eigenvalue weighted by Gasteiger charge is 2.32. The van der Waals surface area contributed by atoms with Gasteiger partial charge >= 0.3 is 6.36 Å². The van der Waals surface area contributed by atoms with Crippen molar-refractivity contribution in [1.82, 2.24) is 4.90 Å². The first-order valence-electron chi connectivity index (χ1n) is 8.91. The van der Waals surface area contributed by atoms with Crippen LogP contribution in [-0.2, 0) is 13.1 Å². The van der Waals surface area contributed by atoms with Gasteiger partial charge in [-0.3, -0.25) is 4.79 Å². The summed E-state index contributed by atoms with van der Waals surface area (Å²) in [5, 5.41) is 0.365. The number of carbonyl (C=O) groups excluding carboxylic acids is 1. The van der Waals surface area contributed by atoms with Gasteiger partial charge in [0.25, 0.3) is 5.91 Å². The molecule has 8 heteroatoms. The van der Waals surface area contributed by atoms with Gasteiger partial charge in [-0.15, -0.1) is 18.7 Å². The van der Waals surface area contributed by atoms with E-state index in [0.717, 1.165) is 11.1 Å². The van der Waals surface area contributed by atoms with Gasteiger partial charge in [-0.05, 0) is 35.4 Å². The second-order valence-electron chi connectivity index (χ2n) is 7.85. The summed E-state index contributed by atoms with van der Waals surface area (Å²) in [6, 6.07) is 9.06. The molecule has 1 heterocycles. The van der Waals surface area contributed by atoms with Crippen LogP contribution in [0.2, 0.25) is 24.7 Å². The summed E-state index contributed by atoms with van der Waals surface area (Å²) in [5.74, 6) is 2.65. The number of nitrogens with zero attached hydrogens (tertiary/aromatic N) is 1. The Bertz CT molecular complexity index is 1000. The van der Waals surface area contributed by atoms with E-state index in [0.29, 0.717) is 22.7 Å². The normalized spacial score (nSPS) is 13.8. The van der Waals surface area contributed by atoms with Crippen LogP contribution in [0.1, 0.15) is 27.0 Å². The first kappa shape index (κ1) is 21.3. The molecule has 0 spiro atoms. The number of fused-ring (bicyclic) bond motifs is 1. The maximum Gasteiger partial charge on any atom is 0.573 e. The van der Waals surface area contributed by atoms with Crippen molar-refractivity contribution in [2.75, 3.05) is 0 Å². The predicted molar refractivity (Wildman–Crippen MR) is 108 cm³/mol. The van der Waals surface area contributed by atoms with Gasteiger partial charge in [-0.25, -0.2) is 0 Å². The third-order valence-electron chi connectivity index (χ3n) is 4.15. The predicted octanol–water partition coefficient (Wildman–Crippen LogP) is 5.62. The second kappa shape index (κ2) is 7.77. The molecule has 1 amide bonds. The summed E-state index contributed by atoms with van der Waals surface area (Å²) in [5.41, 5.74) is 6.01. The number of halogens is 4. The van der Waals surface area contributed by atoms with Crippen LogP contribution in [0.5, 0.6) is 5.75 Å². The number of rotatable bonds is 3. The van der Waals surface area contributed by atoms with Crippen LogP contribution < -0.4 is 4.74 Å². The summed E-state index contributed by atoms with van der Waals surface area (Å²) < 4.78 is 40.7. The standard InChI is InChI=1S/C21H19ClF3NO2Si/c1-29(2,3)9-8-15-10-16-13-26(20(27)19(16)18(22)11-15)12-14-4-6-17(7-5-14)28-21(23,24)25/h4-7,10-11H,12-13H2,1-3H3. The molecule has 0 bridgehead atoms. The Labute approximate surface area is 173 Å². The molecule has 1 aliphatic heterocycles. The van der Waals surface area contributed by atoms with Gasteiger partial charge in [0.2, 0.25) is 0 Å². The molecule has 2 aromatic rings. The van der Waals surface area contributed by atoms with Crippen molar-refractivity contribution in [3.05, 3.63) is 63.7 Å². The molecule has 3 nitrogen and oxygen atoms in total. The molecule has 3 rings (SSSR count). The van der Waals surface area contributed by atoms with Crippen LogP contribution in [-0.4, -0.2) is 25.2 Å². The minimum absolute atomic E-state index is 0.203. The lowest BCUT2D eigenvalue weighted by Gasteiger charge is -2.16. The minimum Gasteiger partial charge on any atom is -0.406 e. The molecule has 0 saturated heterocycles. The van der Waals surface area contributed by atoms with Crippen LogP contribution in [0.3, 0.4) is 0 Å². The van der Waals surface area contributed by atoms with E-state index >= 15 is 0 Å². The molecule has 152 valence electrons. The lowest BCUT2D eigenvalue weighted by atomic mass is 10.1. The summed E-state index contributed by atoms with van der Waals surface area (Å²) in [7, 11) is -1.54. The van der Waals surface area contributed by atoms with Crippen LogP contribution in [0.4, 0.5) is 13.2 Å². The van der Waals surface area contributed by atoms with Crippen molar-refractivity contribution < 1.29 is 22.7 Å². The first-order valence-corrected chi connectivity index (χ1v) is 12.8. The summed E-state index contributed by atoms with van der Waals surface area (Å²) in [4.78, 5) is 14.3. The van der Waals surface area contributed by atoms with Crippen molar-refractivity contribution in [2.24, 2.45) is 0 Å². The molecule has 0 radical (unpaired) electrons. The van der Waals surface area contributed by atoms with E-state index in [-0.39, 0.29) is 18.2 Å². The number of hydrogen-bond donors (Lipinski definition) is 0. The number of alkyl halides is 3. The Hall–Kier alpha value is -2.43. The minimum atomic E-state index is -4.74. The van der Waals surface area contributed by atoms with E-state index in [4.69, 9.17) is 11.6 Å². The summed E-state index contributed by atoms with van der Waals surface area (Å²) in [6.07, 6.45) is -4.74. The third kappa shape index (κ3) is 5.55. The molecule has 0 N–H and O–H groups in total. The molecule has 0 aromatic heterocycles. The number of ether oxygens (including phenoxy) is 1. The van der Waals surface area contributed by atoms with Gasteiger partial charge < -0.3 is 9.64 Å². The van der Waals surface area contributed by atoms with Gasteiger partial charge in [0, 0.05) is 18.7 Å². The van der Waals surface area contributed by atoms with Gasteiger partial charge in [-0.2, -0.15) is 0 Å². The van der Waals surface area contributed by atoms with E-state index in [9.17, 15) is 18.0 Å². The highest BCUT2D eigenvalue weighted by Crippen LogP contribution is 2.32. The molecule has 0 saturated carbocycles. The van der Waals surface area contributed by atoms with Crippen LogP contribution in [0.15, 0.2) is 36.4 Å². The smallest absolute Gasteiger partial charge is 0.406 e. The maximum atomic E-state index is 12.7. The highest BCUT2D eigenvalue weighted by atomic mass is 35.5. The number of amides is 1. The van der Waals surface area contributed by atoms with Gasteiger partial charge in [0.15, 0.2) is 0 Å². The zero-order valence-electron chi connectivity index (χ0n) is 16.2.